The van der Waals surface area contributed by atoms with Crippen LogP contribution in [0.5, 0.6) is 0 Å². The van der Waals surface area contributed by atoms with Gasteiger partial charge in [-0.3, -0.25) is 4.31 Å². The van der Waals surface area contributed by atoms with E-state index in [4.69, 9.17) is 23.2 Å². The molecule has 6 heteroatoms. The molecule has 0 N–H and O–H groups in total. The first kappa shape index (κ1) is 19.7. The number of hydrogen-bond donors (Lipinski definition) is 0. The third kappa shape index (κ3) is 4.29. The lowest BCUT2D eigenvalue weighted by molar-refractivity contribution is 0.590. The Bertz CT molecular complexity index is 1030. The molecular formula is C21H19Cl2NO2S. The smallest absolute Gasteiger partial charge is 0.262 e. The van der Waals surface area contributed by atoms with Crippen molar-refractivity contribution in [2.75, 3.05) is 4.31 Å². The molecule has 140 valence electrons. The molecule has 0 heterocycles. The third-order valence-corrected chi connectivity index (χ3v) is 6.79. The fraction of sp³-hybridized carbons (Fsp3) is 0.143. The summed E-state index contributed by atoms with van der Waals surface area (Å²) in [5.41, 5.74) is 3.15. The maximum atomic E-state index is 13.4. The molecule has 0 spiro atoms. The third-order valence-electron chi connectivity index (χ3n) is 4.29. The zero-order valence-corrected chi connectivity index (χ0v) is 17.3. The van der Waals surface area contributed by atoms with E-state index in [1.54, 1.807) is 54.6 Å². The summed E-state index contributed by atoms with van der Waals surface area (Å²) < 4.78 is 28.1. The van der Waals surface area contributed by atoms with Crippen LogP contribution in [0.4, 0.5) is 5.69 Å². The summed E-state index contributed by atoms with van der Waals surface area (Å²) in [6, 6.07) is 19.2. The van der Waals surface area contributed by atoms with Gasteiger partial charge in [0.2, 0.25) is 0 Å². The van der Waals surface area contributed by atoms with Gasteiger partial charge in [0.1, 0.15) is 0 Å². The molecule has 0 unspecified atom stereocenters. The van der Waals surface area contributed by atoms with Gasteiger partial charge < -0.3 is 0 Å². The van der Waals surface area contributed by atoms with Gasteiger partial charge in [0.05, 0.1) is 17.1 Å². The summed E-state index contributed by atoms with van der Waals surface area (Å²) in [6.07, 6.45) is 0. The standard InChI is InChI=1S/C21H19Cl2NO2S/c1-15-6-10-17(11-7-15)24(14-19-20(22)4-3-5-21(19)23)27(25,26)18-12-8-16(2)9-13-18/h3-13H,14H2,1-2H3. The van der Waals surface area contributed by atoms with E-state index in [0.717, 1.165) is 11.1 Å². The van der Waals surface area contributed by atoms with Crippen LogP contribution in [0.3, 0.4) is 0 Å². The first-order valence-corrected chi connectivity index (χ1v) is 10.6. The Morgan fingerprint density at radius 2 is 1.26 bits per heavy atom. The van der Waals surface area contributed by atoms with Crippen LogP contribution in [0.15, 0.2) is 71.6 Å². The molecule has 0 aromatic heterocycles. The molecule has 0 saturated carbocycles. The van der Waals surface area contributed by atoms with E-state index in [0.29, 0.717) is 21.3 Å². The zero-order valence-electron chi connectivity index (χ0n) is 15.0. The Kier molecular flexibility index (Phi) is 5.80. The Morgan fingerprint density at radius 1 is 0.778 bits per heavy atom. The van der Waals surface area contributed by atoms with Crippen molar-refractivity contribution in [3.63, 3.8) is 0 Å². The summed E-state index contributed by atoms with van der Waals surface area (Å²) in [6.45, 7) is 3.91. The molecule has 3 aromatic rings. The zero-order chi connectivity index (χ0) is 19.6. The highest BCUT2D eigenvalue weighted by Gasteiger charge is 2.26. The molecule has 0 bridgehead atoms. The molecule has 3 nitrogen and oxygen atoms in total. The van der Waals surface area contributed by atoms with Gasteiger partial charge in [0.25, 0.3) is 10.0 Å². The number of hydrogen-bond acceptors (Lipinski definition) is 2. The number of aryl methyl sites for hydroxylation is 2. The molecule has 0 aliphatic heterocycles. The largest absolute Gasteiger partial charge is 0.264 e. The van der Waals surface area contributed by atoms with Crippen LogP contribution in [-0.4, -0.2) is 8.42 Å². The normalized spacial score (nSPS) is 11.4. The minimum atomic E-state index is -3.80. The number of benzene rings is 3. The van der Waals surface area contributed by atoms with Gasteiger partial charge in [-0.25, -0.2) is 8.42 Å². The molecule has 0 aliphatic carbocycles. The Balaban J connectivity index is 2.12. The van der Waals surface area contributed by atoms with E-state index in [1.165, 1.54) is 4.31 Å². The average Bonchev–Trinajstić information content (AvgIpc) is 2.63. The van der Waals surface area contributed by atoms with Crippen molar-refractivity contribution in [1.82, 2.24) is 0 Å². The van der Waals surface area contributed by atoms with E-state index in [1.807, 2.05) is 26.0 Å². The fourth-order valence-corrected chi connectivity index (χ4v) is 4.64. The van der Waals surface area contributed by atoms with Gasteiger partial charge in [-0.1, -0.05) is 64.7 Å². The molecule has 0 fully saturated rings. The van der Waals surface area contributed by atoms with Crippen LogP contribution in [0.2, 0.25) is 10.0 Å². The highest BCUT2D eigenvalue weighted by Crippen LogP contribution is 2.31. The van der Waals surface area contributed by atoms with E-state index in [2.05, 4.69) is 0 Å². The molecule has 3 rings (SSSR count). The van der Waals surface area contributed by atoms with Crippen LogP contribution in [0, 0.1) is 13.8 Å². The van der Waals surface area contributed by atoms with E-state index < -0.39 is 10.0 Å². The minimum Gasteiger partial charge on any atom is -0.262 e. The van der Waals surface area contributed by atoms with Crippen molar-refractivity contribution in [2.24, 2.45) is 0 Å². The van der Waals surface area contributed by atoms with Gasteiger partial charge in [0, 0.05) is 15.6 Å². The summed E-state index contributed by atoms with van der Waals surface area (Å²) in [5, 5.41) is 0.859. The number of nitrogens with zero attached hydrogens (tertiary/aromatic N) is 1. The lowest BCUT2D eigenvalue weighted by Gasteiger charge is -2.26. The van der Waals surface area contributed by atoms with Crippen LogP contribution >= 0.6 is 23.2 Å². The summed E-state index contributed by atoms with van der Waals surface area (Å²) in [4.78, 5) is 0.219. The first-order valence-electron chi connectivity index (χ1n) is 8.38. The highest BCUT2D eigenvalue weighted by molar-refractivity contribution is 7.92. The van der Waals surface area contributed by atoms with Crippen molar-refractivity contribution in [3.8, 4) is 0 Å². The molecule has 3 aromatic carbocycles. The second-order valence-electron chi connectivity index (χ2n) is 6.36. The summed E-state index contributed by atoms with van der Waals surface area (Å²) in [7, 11) is -3.80. The average molecular weight is 420 g/mol. The summed E-state index contributed by atoms with van der Waals surface area (Å²) in [5.74, 6) is 0. The lowest BCUT2D eigenvalue weighted by atomic mass is 10.2. The van der Waals surface area contributed by atoms with Crippen molar-refractivity contribution in [3.05, 3.63) is 93.5 Å². The van der Waals surface area contributed by atoms with Gasteiger partial charge in [-0.05, 0) is 50.2 Å². The monoisotopic (exact) mass is 419 g/mol. The van der Waals surface area contributed by atoms with Crippen molar-refractivity contribution in [1.29, 1.82) is 0 Å². The van der Waals surface area contributed by atoms with Gasteiger partial charge in [-0.15, -0.1) is 0 Å². The van der Waals surface area contributed by atoms with Crippen LogP contribution in [0.25, 0.3) is 0 Å². The highest BCUT2D eigenvalue weighted by atomic mass is 35.5. The summed E-state index contributed by atoms with van der Waals surface area (Å²) >= 11 is 12.6. The Labute approximate surface area is 170 Å². The number of sulfonamides is 1. The van der Waals surface area contributed by atoms with E-state index >= 15 is 0 Å². The predicted octanol–water partition coefficient (Wildman–Crippen LogP) is 6.01. The number of anilines is 1. The maximum absolute atomic E-state index is 13.4. The molecule has 0 aliphatic rings. The minimum absolute atomic E-state index is 0.0395. The molecular weight excluding hydrogens is 401 g/mol. The maximum Gasteiger partial charge on any atom is 0.264 e. The second kappa shape index (κ2) is 7.93. The molecule has 0 saturated heterocycles. The van der Waals surface area contributed by atoms with Crippen molar-refractivity contribution in [2.45, 2.75) is 25.3 Å². The van der Waals surface area contributed by atoms with E-state index in [-0.39, 0.29) is 11.4 Å². The van der Waals surface area contributed by atoms with Gasteiger partial charge in [-0.2, -0.15) is 0 Å². The molecule has 27 heavy (non-hydrogen) atoms. The van der Waals surface area contributed by atoms with Crippen molar-refractivity contribution < 1.29 is 8.42 Å². The van der Waals surface area contributed by atoms with Crippen molar-refractivity contribution >= 4 is 38.9 Å². The first-order chi connectivity index (χ1) is 12.8. The number of rotatable bonds is 5. The predicted molar refractivity (Wildman–Crippen MR) is 112 cm³/mol. The quantitative estimate of drug-likeness (QED) is 0.507. The topological polar surface area (TPSA) is 37.4 Å². The molecule has 0 radical (unpaired) electrons. The Morgan fingerprint density at radius 3 is 1.78 bits per heavy atom. The SMILES string of the molecule is Cc1ccc(N(Cc2c(Cl)cccc2Cl)S(=O)(=O)c2ccc(C)cc2)cc1. The molecule has 0 amide bonds. The second-order valence-corrected chi connectivity index (χ2v) is 9.04. The van der Waals surface area contributed by atoms with Gasteiger partial charge in [0.15, 0.2) is 0 Å². The fourth-order valence-electron chi connectivity index (χ4n) is 2.69. The Hall–Kier alpha value is -2.01. The van der Waals surface area contributed by atoms with Crippen LogP contribution < -0.4 is 4.31 Å². The van der Waals surface area contributed by atoms with Crippen LogP contribution in [0.1, 0.15) is 16.7 Å². The van der Waals surface area contributed by atoms with Gasteiger partial charge >= 0.3 is 0 Å². The van der Waals surface area contributed by atoms with Crippen LogP contribution in [-0.2, 0) is 16.6 Å². The number of halogens is 2. The lowest BCUT2D eigenvalue weighted by Crippen LogP contribution is -2.30. The van der Waals surface area contributed by atoms with E-state index in [9.17, 15) is 8.42 Å². The molecule has 0 atom stereocenters.